The highest BCUT2D eigenvalue weighted by Crippen LogP contribution is 2.32. The topological polar surface area (TPSA) is 80.7 Å². The van der Waals surface area contributed by atoms with E-state index in [0.29, 0.717) is 17.1 Å². The van der Waals surface area contributed by atoms with Gasteiger partial charge in [-0.3, -0.25) is 4.79 Å². The number of rotatable bonds is 5. The van der Waals surface area contributed by atoms with Crippen LogP contribution >= 0.6 is 0 Å². The molecule has 126 valence electrons. The number of pyridine rings is 1. The summed E-state index contributed by atoms with van der Waals surface area (Å²) < 4.78 is 11.3. The fourth-order valence-electron chi connectivity index (χ4n) is 2.77. The van der Waals surface area contributed by atoms with E-state index in [-0.39, 0.29) is 23.6 Å². The summed E-state index contributed by atoms with van der Waals surface area (Å²) in [5, 5.41) is 12.3. The van der Waals surface area contributed by atoms with Gasteiger partial charge in [-0.25, -0.2) is 4.98 Å². The molecule has 1 aromatic carbocycles. The van der Waals surface area contributed by atoms with Crippen LogP contribution in [-0.4, -0.2) is 29.2 Å². The summed E-state index contributed by atoms with van der Waals surface area (Å²) in [5.41, 5.74) is 0.411. The Morgan fingerprint density at radius 3 is 2.75 bits per heavy atom. The van der Waals surface area contributed by atoms with Crippen LogP contribution in [0, 0.1) is 0 Å². The second-order valence-electron chi connectivity index (χ2n) is 5.72. The average Bonchev–Trinajstić information content (AvgIpc) is 3.10. The lowest BCUT2D eigenvalue weighted by Gasteiger charge is -2.16. The molecule has 3 rings (SSSR count). The Morgan fingerprint density at radius 2 is 2.04 bits per heavy atom. The summed E-state index contributed by atoms with van der Waals surface area (Å²) in [6, 6.07) is 8.07. The number of amides is 1. The van der Waals surface area contributed by atoms with Crippen LogP contribution in [0.2, 0.25) is 0 Å². The van der Waals surface area contributed by atoms with Crippen molar-refractivity contribution in [2.45, 2.75) is 31.8 Å². The van der Waals surface area contributed by atoms with Gasteiger partial charge < -0.3 is 19.9 Å². The minimum Gasteiger partial charge on any atom is -0.504 e. The molecule has 6 nitrogen and oxygen atoms in total. The molecule has 1 aliphatic carbocycles. The molecule has 0 unspecified atom stereocenters. The molecule has 0 radical (unpaired) electrons. The van der Waals surface area contributed by atoms with Crippen LogP contribution in [0.4, 0.5) is 5.82 Å². The molecule has 0 atom stereocenters. The van der Waals surface area contributed by atoms with Crippen molar-refractivity contribution in [3.05, 3.63) is 42.1 Å². The molecule has 0 spiro atoms. The van der Waals surface area contributed by atoms with Crippen molar-refractivity contribution in [1.82, 2.24) is 4.98 Å². The summed E-state index contributed by atoms with van der Waals surface area (Å²) in [7, 11) is 1.57. The van der Waals surface area contributed by atoms with E-state index in [2.05, 4.69) is 10.3 Å². The van der Waals surface area contributed by atoms with Gasteiger partial charge in [0, 0.05) is 11.8 Å². The number of ether oxygens (including phenoxy) is 2. The number of aromatic nitrogens is 1. The number of anilines is 1. The number of benzene rings is 1. The Kier molecular flexibility index (Phi) is 4.84. The molecule has 1 aromatic heterocycles. The Morgan fingerprint density at radius 1 is 1.25 bits per heavy atom. The van der Waals surface area contributed by atoms with Crippen LogP contribution < -0.4 is 14.8 Å². The van der Waals surface area contributed by atoms with Crippen molar-refractivity contribution < 1.29 is 19.4 Å². The van der Waals surface area contributed by atoms with Gasteiger partial charge in [0.05, 0.1) is 13.2 Å². The van der Waals surface area contributed by atoms with Gasteiger partial charge in [-0.2, -0.15) is 0 Å². The normalized spacial score (nSPS) is 14.4. The van der Waals surface area contributed by atoms with Gasteiger partial charge in [0.15, 0.2) is 23.1 Å². The van der Waals surface area contributed by atoms with Crippen LogP contribution in [0.15, 0.2) is 36.5 Å². The number of methoxy groups -OCH3 is 1. The first-order chi connectivity index (χ1) is 11.7. The monoisotopic (exact) mass is 328 g/mol. The van der Waals surface area contributed by atoms with E-state index in [4.69, 9.17) is 9.47 Å². The van der Waals surface area contributed by atoms with Crippen LogP contribution in [-0.2, 0) is 0 Å². The minimum absolute atomic E-state index is 0.0817. The zero-order valence-corrected chi connectivity index (χ0v) is 13.5. The lowest BCUT2D eigenvalue weighted by atomic mass is 10.2. The summed E-state index contributed by atoms with van der Waals surface area (Å²) in [4.78, 5) is 16.3. The van der Waals surface area contributed by atoms with Crippen LogP contribution in [0.5, 0.6) is 17.2 Å². The Bertz CT molecular complexity index is 727. The maximum Gasteiger partial charge on any atom is 0.257 e. The maximum atomic E-state index is 12.4. The molecular weight excluding hydrogens is 308 g/mol. The summed E-state index contributed by atoms with van der Waals surface area (Å²) in [5.74, 6) is 0.822. The van der Waals surface area contributed by atoms with E-state index in [1.807, 2.05) is 0 Å². The fourth-order valence-corrected chi connectivity index (χ4v) is 2.77. The SMILES string of the molecule is COc1ccc(C(=O)Nc2ncccc2O)cc1OC1CCCC1. The Balaban J connectivity index is 1.79. The number of hydrogen-bond donors (Lipinski definition) is 2. The van der Waals surface area contributed by atoms with Crippen LogP contribution in [0.3, 0.4) is 0 Å². The maximum absolute atomic E-state index is 12.4. The highest BCUT2D eigenvalue weighted by atomic mass is 16.5. The first kappa shape index (κ1) is 16.1. The summed E-state index contributed by atoms with van der Waals surface area (Å²) in [6.45, 7) is 0. The van der Waals surface area contributed by atoms with Crippen molar-refractivity contribution in [2.24, 2.45) is 0 Å². The van der Waals surface area contributed by atoms with E-state index >= 15 is 0 Å². The molecule has 1 amide bonds. The summed E-state index contributed by atoms with van der Waals surface area (Å²) in [6.07, 6.45) is 6.01. The van der Waals surface area contributed by atoms with E-state index in [1.165, 1.54) is 12.3 Å². The van der Waals surface area contributed by atoms with Gasteiger partial charge in [-0.05, 0) is 56.0 Å². The second kappa shape index (κ2) is 7.21. The molecule has 0 saturated heterocycles. The number of nitrogens with zero attached hydrogens (tertiary/aromatic N) is 1. The Labute approximate surface area is 140 Å². The predicted molar refractivity (Wildman–Crippen MR) is 89.7 cm³/mol. The molecule has 1 saturated carbocycles. The molecule has 1 fully saturated rings. The third-order valence-corrected chi connectivity index (χ3v) is 4.04. The number of carbonyl (C=O) groups is 1. The van der Waals surface area contributed by atoms with Gasteiger partial charge in [0.1, 0.15) is 0 Å². The van der Waals surface area contributed by atoms with Gasteiger partial charge in [0.2, 0.25) is 0 Å². The first-order valence-corrected chi connectivity index (χ1v) is 7.97. The molecule has 2 aromatic rings. The quantitative estimate of drug-likeness (QED) is 0.879. The Hall–Kier alpha value is -2.76. The van der Waals surface area contributed by atoms with Crippen LogP contribution in [0.25, 0.3) is 0 Å². The zero-order valence-electron chi connectivity index (χ0n) is 13.5. The molecule has 0 bridgehead atoms. The lowest BCUT2D eigenvalue weighted by Crippen LogP contribution is -2.15. The van der Waals surface area contributed by atoms with Crippen molar-refractivity contribution in [3.8, 4) is 17.2 Å². The van der Waals surface area contributed by atoms with E-state index in [9.17, 15) is 9.90 Å². The molecule has 0 aliphatic heterocycles. The van der Waals surface area contributed by atoms with Crippen molar-refractivity contribution >= 4 is 11.7 Å². The van der Waals surface area contributed by atoms with Crippen LogP contribution in [0.1, 0.15) is 36.0 Å². The smallest absolute Gasteiger partial charge is 0.257 e. The fraction of sp³-hybridized carbons (Fsp3) is 0.333. The molecule has 1 aliphatic rings. The molecule has 6 heteroatoms. The number of nitrogens with one attached hydrogen (secondary N) is 1. The summed E-state index contributed by atoms with van der Waals surface area (Å²) >= 11 is 0. The number of hydrogen-bond acceptors (Lipinski definition) is 5. The standard InChI is InChI=1S/C18H20N2O4/c1-23-15-9-8-12(11-16(15)24-13-5-2-3-6-13)18(22)20-17-14(21)7-4-10-19-17/h4,7-11,13,21H,2-3,5-6H2,1H3,(H,19,20,22). The number of aromatic hydroxyl groups is 1. The van der Waals surface area contributed by atoms with E-state index in [1.54, 1.807) is 31.4 Å². The van der Waals surface area contributed by atoms with E-state index < -0.39 is 0 Å². The average molecular weight is 328 g/mol. The molecule has 1 heterocycles. The zero-order chi connectivity index (χ0) is 16.9. The highest BCUT2D eigenvalue weighted by Gasteiger charge is 2.20. The third kappa shape index (κ3) is 3.59. The lowest BCUT2D eigenvalue weighted by molar-refractivity contribution is 0.102. The van der Waals surface area contributed by atoms with Gasteiger partial charge in [-0.1, -0.05) is 0 Å². The molecule has 2 N–H and O–H groups in total. The van der Waals surface area contributed by atoms with Crippen molar-refractivity contribution in [3.63, 3.8) is 0 Å². The highest BCUT2D eigenvalue weighted by molar-refractivity contribution is 6.04. The largest absolute Gasteiger partial charge is 0.504 e. The van der Waals surface area contributed by atoms with Gasteiger partial charge in [-0.15, -0.1) is 0 Å². The predicted octanol–water partition coefficient (Wildman–Crippen LogP) is 3.37. The third-order valence-electron chi connectivity index (χ3n) is 4.04. The van der Waals surface area contributed by atoms with Gasteiger partial charge in [0.25, 0.3) is 5.91 Å². The minimum atomic E-state index is -0.372. The van der Waals surface area contributed by atoms with Gasteiger partial charge >= 0.3 is 0 Å². The number of carbonyl (C=O) groups excluding carboxylic acids is 1. The molecular formula is C18H20N2O4. The second-order valence-corrected chi connectivity index (χ2v) is 5.72. The van der Waals surface area contributed by atoms with Crippen molar-refractivity contribution in [1.29, 1.82) is 0 Å². The first-order valence-electron chi connectivity index (χ1n) is 7.97. The van der Waals surface area contributed by atoms with Crippen molar-refractivity contribution in [2.75, 3.05) is 12.4 Å². The molecule has 24 heavy (non-hydrogen) atoms. The van der Waals surface area contributed by atoms with E-state index in [0.717, 1.165) is 25.7 Å².